The average Bonchev–Trinajstić information content (AvgIpc) is 2.91. The van der Waals surface area contributed by atoms with Gasteiger partial charge in [-0.3, -0.25) is 0 Å². The lowest BCUT2D eigenvalue weighted by Gasteiger charge is -2.17. The summed E-state index contributed by atoms with van der Waals surface area (Å²) in [4.78, 5) is 4.00. The topological polar surface area (TPSA) is 52.6 Å². The van der Waals surface area contributed by atoms with Gasteiger partial charge in [-0.1, -0.05) is 0 Å². The zero-order valence-electron chi connectivity index (χ0n) is 11.2. The molecular weight excluding hydrogens is 270 g/mol. The fraction of sp³-hybridized carbons (Fsp3) is 0.615. The van der Waals surface area contributed by atoms with E-state index in [1.807, 2.05) is 6.92 Å². The van der Waals surface area contributed by atoms with E-state index in [4.69, 9.17) is 9.47 Å². The van der Waals surface area contributed by atoms with Gasteiger partial charge in [-0.2, -0.15) is 8.78 Å². The zero-order chi connectivity index (χ0) is 14.4. The SMILES string of the molecule is C[C@H](CO[C@H]1CCOC1)Nc1ccc(OC(F)F)cn1. The lowest BCUT2D eigenvalue weighted by Crippen LogP contribution is -2.26. The summed E-state index contributed by atoms with van der Waals surface area (Å²) in [6.45, 7) is 1.05. The number of aromatic nitrogens is 1. The van der Waals surface area contributed by atoms with Crippen LogP contribution in [0.15, 0.2) is 18.3 Å². The van der Waals surface area contributed by atoms with Crippen molar-refractivity contribution in [1.82, 2.24) is 4.98 Å². The zero-order valence-corrected chi connectivity index (χ0v) is 11.2. The van der Waals surface area contributed by atoms with Gasteiger partial charge in [0.25, 0.3) is 0 Å². The van der Waals surface area contributed by atoms with Gasteiger partial charge in [0, 0.05) is 12.6 Å². The van der Waals surface area contributed by atoms with E-state index >= 15 is 0 Å². The van der Waals surface area contributed by atoms with Gasteiger partial charge in [0.05, 0.1) is 25.5 Å². The molecule has 7 heteroatoms. The van der Waals surface area contributed by atoms with Crippen molar-refractivity contribution in [3.05, 3.63) is 18.3 Å². The predicted molar refractivity (Wildman–Crippen MR) is 69.1 cm³/mol. The van der Waals surface area contributed by atoms with Crippen molar-refractivity contribution < 1.29 is 23.0 Å². The van der Waals surface area contributed by atoms with Crippen LogP contribution < -0.4 is 10.1 Å². The third kappa shape index (κ3) is 4.90. The summed E-state index contributed by atoms with van der Waals surface area (Å²) in [6, 6.07) is 3.09. The summed E-state index contributed by atoms with van der Waals surface area (Å²) in [6.07, 6.45) is 2.34. The second kappa shape index (κ2) is 7.35. The number of alkyl halides is 2. The van der Waals surface area contributed by atoms with E-state index in [9.17, 15) is 8.78 Å². The van der Waals surface area contributed by atoms with Crippen LogP contribution in [0.4, 0.5) is 14.6 Å². The molecular formula is C13H18F2N2O3. The van der Waals surface area contributed by atoms with E-state index in [0.29, 0.717) is 19.0 Å². The quantitative estimate of drug-likeness (QED) is 0.834. The number of halogens is 2. The number of nitrogens with one attached hydrogen (secondary N) is 1. The van der Waals surface area contributed by atoms with Crippen LogP contribution in [0.2, 0.25) is 0 Å². The van der Waals surface area contributed by atoms with Crippen LogP contribution in [-0.4, -0.2) is 43.6 Å². The fourth-order valence-electron chi connectivity index (χ4n) is 1.86. The molecule has 0 radical (unpaired) electrons. The number of ether oxygens (including phenoxy) is 3. The molecule has 2 rings (SSSR count). The molecule has 0 spiro atoms. The minimum Gasteiger partial charge on any atom is -0.433 e. The van der Waals surface area contributed by atoms with Crippen molar-refractivity contribution in [2.75, 3.05) is 25.1 Å². The van der Waals surface area contributed by atoms with E-state index < -0.39 is 6.61 Å². The van der Waals surface area contributed by atoms with Crippen molar-refractivity contribution >= 4 is 5.82 Å². The van der Waals surface area contributed by atoms with Gasteiger partial charge in [0.2, 0.25) is 0 Å². The second-order valence-corrected chi connectivity index (χ2v) is 4.62. The Kier molecular flexibility index (Phi) is 5.49. The van der Waals surface area contributed by atoms with Gasteiger partial charge in [-0.05, 0) is 25.5 Å². The van der Waals surface area contributed by atoms with E-state index in [2.05, 4.69) is 15.0 Å². The summed E-state index contributed by atoms with van der Waals surface area (Å²) in [7, 11) is 0. The molecule has 112 valence electrons. The number of hydrogen-bond acceptors (Lipinski definition) is 5. The van der Waals surface area contributed by atoms with Crippen LogP contribution in [0.5, 0.6) is 5.75 Å². The molecule has 1 aromatic heterocycles. The first-order chi connectivity index (χ1) is 9.63. The first-order valence-electron chi connectivity index (χ1n) is 6.50. The molecule has 0 bridgehead atoms. The smallest absolute Gasteiger partial charge is 0.387 e. The van der Waals surface area contributed by atoms with Gasteiger partial charge < -0.3 is 19.5 Å². The summed E-state index contributed by atoms with van der Waals surface area (Å²) >= 11 is 0. The lowest BCUT2D eigenvalue weighted by atomic mass is 10.3. The van der Waals surface area contributed by atoms with Gasteiger partial charge in [0.15, 0.2) is 0 Å². The molecule has 1 aliphatic rings. The molecule has 2 atom stereocenters. The van der Waals surface area contributed by atoms with E-state index in [1.165, 1.54) is 12.3 Å². The first kappa shape index (κ1) is 14.9. The summed E-state index contributed by atoms with van der Waals surface area (Å²) in [5, 5.41) is 3.13. The number of nitrogens with zero attached hydrogens (tertiary/aromatic N) is 1. The highest BCUT2D eigenvalue weighted by molar-refractivity contribution is 5.38. The van der Waals surface area contributed by atoms with Crippen LogP contribution in [0.1, 0.15) is 13.3 Å². The van der Waals surface area contributed by atoms with Gasteiger partial charge in [0.1, 0.15) is 11.6 Å². The maximum Gasteiger partial charge on any atom is 0.387 e. The number of anilines is 1. The van der Waals surface area contributed by atoms with Crippen LogP contribution in [0.3, 0.4) is 0 Å². The van der Waals surface area contributed by atoms with Crippen LogP contribution in [-0.2, 0) is 9.47 Å². The van der Waals surface area contributed by atoms with Crippen LogP contribution in [0.25, 0.3) is 0 Å². The van der Waals surface area contributed by atoms with Crippen LogP contribution in [0, 0.1) is 0 Å². The minimum atomic E-state index is -2.84. The van der Waals surface area contributed by atoms with Crippen molar-refractivity contribution in [3.63, 3.8) is 0 Å². The summed E-state index contributed by atoms with van der Waals surface area (Å²) in [5.41, 5.74) is 0. The molecule has 0 unspecified atom stereocenters. The Morgan fingerprint density at radius 3 is 2.95 bits per heavy atom. The maximum atomic E-state index is 12.0. The average molecular weight is 288 g/mol. The molecule has 20 heavy (non-hydrogen) atoms. The molecule has 1 N–H and O–H groups in total. The summed E-state index contributed by atoms with van der Waals surface area (Å²) < 4.78 is 39.1. The molecule has 0 aromatic carbocycles. The van der Waals surface area contributed by atoms with Crippen molar-refractivity contribution in [3.8, 4) is 5.75 Å². The Labute approximate surface area is 116 Å². The van der Waals surface area contributed by atoms with Crippen LogP contribution >= 0.6 is 0 Å². The Morgan fingerprint density at radius 2 is 2.35 bits per heavy atom. The first-order valence-corrected chi connectivity index (χ1v) is 6.50. The van der Waals surface area contributed by atoms with Crippen molar-refractivity contribution in [1.29, 1.82) is 0 Å². The summed E-state index contributed by atoms with van der Waals surface area (Å²) in [5.74, 6) is 0.628. The molecule has 2 heterocycles. The third-order valence-corrected chi connectivity index (χ3v) is 2.83. The maximum absolute atomic E-state index is 12.0. The highest BCUT2D eigenvalue weighted by Gasteiger charge is 2.17. The molecule has 5 nitrogen and oxygen atoms in total. The highest BCUT2D eigenvalue weighted by atomic mass is 19.3. The molecule has 0 saturated carbocycles. The number of hydrogen-bond donors (Lipinski definition) is 1. The Bertz CT molecular complexity index is 397. The Balaban J connectivity index is 1.74. The molecule has 1 aliphatic heterocycles. The standard InChI is InChI=1S/C13H18F2N2O3/c1-9(7-19-11-4-5-18-8-11)17-12-3-2-10(6-16-12)20-13(14)15/h2-3,6,9,11,13H,4-5,7-8H2,1H3,(H,16,17)/t9-,11+/m1/s1. The molecule has 1 fully saturated rings. The van der Waals surface area contributed by atoms with E-state index in [0.717, 1.165) is 13.0 Å². The monoisotopic (exact) mass is 288 g/mol. The number of pyridine rings is 1. The van der Waals surface area contributed by atoms with E-state index in [-0.39, 0.29) is 17.9 Å². The fourth-order valence-corrected chi connectivity index (χ4v) is 1.86. The van der Waals surface area contributed by atoms with Gasteiger partial charge in [-0.15, -0.1) is 0 Å². The minimum absolute atomic E-state index is 0.0394. The lowest BCUT2D eigenvalue weighted by molar-refractivity contribution is -0.0500. The highest BCUT2D eigenvalue weighted by Crippen LogP contribution is 2.15. The molecule has 0 amide bonds. The van der Waals surface area contributed by atoms with E-state index in [1.54, 1.807) is 6.07 Å². The Hall–Kier alpha value is -1.47. The largest absolute Gasteiger partial charge is 0.433 e. The second-order valence-electron chi connectivity index (χ2n) is 4.62. The molecule has 1 saturated heterocycles. The predicted octanol–water partition coefficient (Wildman–Crippen LogP) is 2.29. The van der Waals surface area contributed by atoms with Gasteiger partial charge in [-0.25, -0.2) is 4.98 Å². The molecule has 0 aliphatic carbocycles. The molecule has 1 aromatic rings. The third-order valence-electron chi connectivity index (χ3n) is 2.83. The number of rotatable bonds is 7. The van der Waals surface area contributed by atoms with Crippen molar-refractivity contribution in [2.24, 2.45) is 0 Å². The Morgan fingerprint density at radius 1 is 1.50 bits per heavy atom. The normalized spacial score (nSPS) is 20.1. The van der Waals surface area contributed by atoms with Crippen molar-refractivity contribution in [2.45, 2.75) is 32.1 Å². The van der Waals surface area contributed by atoms with Gasteiger partial charge >= 0.3 is 6.61 Å².